The fourth-order valence-corrected chi connectivity index (χ4v) is 4.77. The van der Waals surface area contributed by atoms with Crippen molar-refractivity contribution in [2.75, 3.05) is 5.75 Å². The predicted molar refractivity (Wildman–Crippen MR) is 101 cm³/mol. The molecule has 24 heavy (non-hydrogen) atoms. The number of fused-ring (bicyclic) bond motifs is 1. The first-order valence-corrected chi connectivity index (χ1v) is 9.19. The minimum atomic E-state index is -0.890. The number of thioether (sulfide) groups is 1. The maximum absolute atomic E-state index is 11.6. The van der Waals surface area contributed by atoms with E-state index in [9.17, 15) is 9.90 Å². The van der Waals surface area contributed by atoms with E-state index in [1.54, 1.807) is 12.1 Å². The smallest absolute Gasteiger partial charge is 0.336 e. The Bertz CT molecular complexity index is 818. The van der Waals surface area contributed by atoms with Crippen molar-refractivity contribution in [1.29, 1.82) is 0 Å². The number of carboxylic acids is 1. The van der Waals surface area contributed by atoms with Crippen LogP contribution in [0.5, 0.6) is 0 Å². The van der Waals surface area contributed by atoms with E-state index in [0.29, 0.717) is 5.56 Å². The summed E-state index contributed by atoms with van der Waals surface area (Å²) in [6.45, 7) is 6.54. The average Bonchev–Trinajstić information content (AvgIpc) is 2.56. The van der Waals surface area contributed by atoms with Gasteiger partial charge in [0.1, 0.15) is 0 Å². The maximum Gasteiger partial charge on any atom is 0.336 e. The Labute approximate surface area is 147 Å². The Morgan fingerprint density at radius 3 is 2.54 bits per heavy atom. The van der Waals surface area contributed by atoms with Gasteiger partial charge in [0.15, 0.2) is 0 Å². The van der Waals surface area contributed by atoms with Crippen molar-refractivity contribution in [3.8, 4) is 0 Å². The number of rotatable bonds is 3. The molecule has 0 aliphatic carbocycles. The summed E-state index contributed by atoms with van der Waals surface area (Å²) in [6, 6.07) is 13.8. The third-order valence-electron chi connectivity index (χ3n) is 4.74. The second-order valence-corrected chi connectivity index (χ2v) is 7.88. The first kappa shape index (κ1) is 16.8. The average molecular weight is 338 g/mol. The van der Waals surface area contributed by atoms with Gasteiger partial charge in [-0.3, -0.25) is 0 Å². The molecule has 0 radical (unpaired) electrons. The Balaban J connectivity index is 2.13. The van der Waals surface area contributed by atoms with E-state index < -0.39 is 5.97 Å². The van der Waals surface area contributed by atoms with E-state index in [-0.39, 0.29) is 5.41 Å². The van der Waals surface area contributed by atoms with Gasteiger partial charge < -0.3 is 5.11 Å². The highest BCUT2D eigenvalue weighted by molar-refractivity contribution is 7.99. The largest absolute Gasteiger partial charge is 0.478 e. The molecular weight excluding hydrogens is 316 g/mol. The molecule has 0 saturated heterocycles. The minimum Gasteiger partial charge on any atom is -0.478 e. The number of carbonyl (C=O) groups is 1. The Hall–Kier alpha value is -2.00. The van der Waals surface area contributed by atoms with Crippen molar-refractivity contribution in [1.82, 2.24) is 0 Å². The summed E-state index contributed by atoms with van der Waals surface area (Å²) >= 11 is 1.91. The van der Waals surface area contributed by atoms with E-state index in [1.807, 2.05) is 36.9 Å². The highest BCUT2D eigenvalue weighted by Gasteiger charge is 2.28. The van der Waals surface area contributed by atoms with Crippen LogP contribution >= 0.6 is 11.8 Å². The summed E-state index contributed by atoms with van der Waals surface area (Å²) in [5.74, 6) is 0.260. The SMILES string of the molecule is CC=C(c1ccc2c(c1)C(C)(C)CCS2)c1ccccc1C(=O)O. The van der Waals surface area contributed by atoms with Crippen LogP contribution in [0.1, 0.15) is 54.2 Å². The lowest BCUT2D eigenvalue weighted by atomic mass is 9.80. The molecule has 1 heterocycles. The number of aromatic carboxylic acids is 1. The van der Waals surface area contributed by atoms with Gasteiger partial charge in [-0.05, 0) is 65.0 Å². The van der Waals surface area contributed by atoms with Crippen LogP contribution < -0.4 is 0 Å². The molecule has 0 aromatic heterocycles. The number of hydrogen-bond acceptors (Lipinski definition) is 2. The summed E-state index contributed by atoms with van der Waals surface area (Å²) in [6.07, 6.45) is 3.16. The molecule has 0 saturated carbocycles. The topological polar surface area (TPSA) is 37.3 Å². The molecule has 0 atom stereocenters. The molecule has 0 amide bonds. The van der Waals surface area contributed by atoms with E-state index in [1.165, 1.54) is 10.5 Å². The molecule has 2 aromatic rings. The second-order valence-electron chi connectivity index (χ2n) is 6.75. The van der Waals surface area contributed by atoms with Gasteiger partial charge in [-0.25, -0.2) is 4.79 Å². The summed E-state index contributed by atoms with van der Waals surface area (Å²) in [4.78, 5) is 12.9. The first-order valence-electron chi connectivity index (χ1n) is 8.21. The summed E-state index contributed by atoms with van der Waals surface area (Å²) < 4.78 is 0. The van der Waals surface area contributed by atoms with Crippen LogP contribution in [0.2, 0.25) is 0 Å². The second kappa shape index (κ2) is 6.48. The van der Waals surface area contributed by atoms with Gasteiger partial charge in [-0.1, -0.05) is 44.2 Å². The third-order valence-corrected chi connectivity index (χ3v) is 5.82. The van der Waals surface area contributed by atoms with Gasteiger partial charge >= 0.3 is 5.97 Å². The van der Waals surface area contributed by atoms with E-state index in [4.69, 9.17) is 0 Å². The Morgan fingerprint density at radius 2 is 1.88 bits per heavy atom. The van der Waals surface area contributed by atoms with Crippen LogP contribution in [0.25, 0.3) is 5.57 Å². The van der Waals surface area contributed by atoms with Crippen LogP contribution in [0.4, 0.5) is 0 Å². The van der Waals surface area contributed by atoms with Crippen LogP contribution in [0, 0.1) is 0 Å². The van der Waals surface area contributed by atoms with Crippen molar-refractivity contribution >= 4 is 23.3 Å². The molecule has 0 fully saturated rings. The lowest BCUT2D eigenvalue weighted by molar-refractivity contribution is 0.0696. The molecule has 3 rings (SSSR count). The Morgan fingerprint density at radius 1 is 1.17 bits per heavy atom. The highest BCUT2D eigenvalue weighted by atomic mass is 32.2. The fraction of sp³-hybridized carbons (Fsp3) is 0.286. The van der Waals surface area contributed by atoms with Crippen molar-refractivity contribution in [3.05, 3.63) is 70.8 Å². The monoisotopic (exact) mass is 338 g/mol. The number of carboxylic acid groups (broad SMARTS) is 1. The molecule has 1 aliphatic rings. The summed E-state index contributed by atoms with van der Waals surface area (Å²) in [5, 5.41) is 9.50. The van der Waals surface area contributed by atoms with Crippen molar-refractivity contribution in [2.24, 2.45) is 0 Å². The van der Waals surface area contributed by atoms with Gasteiger partial charge in [-0.2, -0.15) is 0 Å². The zero-order valence-electron chi connectivity index (χ0n) is 14.3. The van der Waals surface area contributed by atoms with Crippen LogP contribution in [-0.4, -0.2) is 16.8 Å². The van der Waals surface area contributed by atoms with Gasteiger partial charge in [0.25, 0.3) is 0 Å². The summed E-state index contributed by atoms with van der Waals surface area (Å²) in [7, 11) is 0. The molecule has 3 heteroatoms. The van der Waals surface area contributed by atoms with Crippen molar-refractivity contribution in [3.63, 3.8) is 0 Å². The zero-order chi connectivity index (χ0) is 17.3. The Kier molecular flexibility index (Phi) is 4.55. The van der Waals surface area contributed by atoms with E-state index in [2.05, 4.69) is 32.0 Å². The van der Waals surface area contributed by atoms with Gasteiger partial charge in [0.05, 0.1) is 5.56 Å². The molecule has 0 unspecified atom stereocenters. The molecule has 2 aromatic carbocycles. The highest BCUT2D eigenvalue weighted by Crippen LogP contribution is 2.43. The van der Waals surface area contributed by atoms with Crippen LogP contribution in [-0.2, 0) is 5.41 Å². The third kappa shape index (κ3) is 3.01. The lowest BCUT2D eigenvalue weighted by Crippen LogP contribution is -2.22. The minimum absolute atomic E-state index is 0.155. The van der Waals surface area contributed by atoms with E-state index in [0.717, 1.165) is 28.9 Å². The van der Waals surface area contributed by atoms with Crippen molar-refractivity contribution in [2.45, 2.75) is 37.5 Å². The quantitative estimate of drug-likeness (QED) is 0.790. The molecule has 2 nitrogen and oxygen atoms in total. The number of hydrogen-bond donors (Lipinski definition) is 1. The molecule has 1 aliphatic heterocycles. The lowest BCUT2D eigenvalue weighted by Gasteiger charge is -2.32. The van der Waals surface area contributed by atoms with E-state index >= 15 is 0 Å². The molecule has 0 bridgehead atoms. The van der Waals surface area contributed by atoms with Crippen LogP contribution in [0.3, 0.4) is 0 Å². The zero-order valence-corrected chi connectivity index (χ0v) is 15.1. The van der Waals surface area contributed by atoms with Crippen molar-refractivity contribution < 1.29 is 9.90 Å². The normalized spacial score (nSPS) is 16.5. The number of allylic oxidation sites excluding steroid dienone is 1. The van der Waals surface area contributed by atoms with Gasteiger partial charge in [0, 0.05) is 4.90 Å². The van der Waals surface area contributed by atoms with Crippen LogP contribution in [0.15, 0.2) is 53.4 Å². The maximum atomic E-state index is 11.6. The molecule has 1 N–H and O–H groups in total. The van der Waals surface area contributed by atoms with Gasteiger partial charge in [-0.15, -0.1) is 11.8 Å². The summed E-state index contributed by atoms with van der Waals surface area (Å²) in [5.41, 5.74) is 4.69. The predicted octanol–water partition coefficient (Wildman–Crippen LogP) is 5.61. The number of benzene rings is 2. The molecule has 124 valence electrons. The fourth-order valence-electron chi connectivity index (χ4n) is 3.29. The standard InChI is InChI=1S/C21H22O2S/c1-4-15(16-7-5-6-8-17(16)20(22)23)14-9-10-19-18(13-14)21(2,3)11-12-24-19/h4-10,13H,11-12H2,1-3H3,(H,22,23). The van der Waals surface area contributed by atoms with Gasteiger partial charge in [0.2, 0.25) is 0 Å². The molecule has 0 spiro atoms. The molecular formula is C21H22O2S. The first-order chi connectivity index (χ1) is 11.4.